The van der Waals surface area contributed by atoms with Gasteiger partial charge in [0.25, 0.3) is 0 Å². The Morgan fingerprint density at radius 1 is 1.03 bits per heavy atom. The molecule has 0 radical (unpaired) electrons. The first-order chi connectivity index (χ1) is 16.9. The number of rotatable bonds is 8. The van der Waals surface area contributed by atoms with Crippen molar-refractivity contribution in [1.29, 1.82) is 0 Å². The van der Waals surface area contributed by atoms with Crippen LogP contribution in [0.15, 0.2) is 77.7 Å². The Hall–Kier alpha value is -3.07. The van der Waals surface area contributed by atoms with Crippen molar-refractivity contribution >= 4 is 33.2 Å². The number of ether oxygens (including phenoxy) is 2. The molecule has 1 amide bonds. The number of hydrogen-bond donors (Lipinski definition) is 1. The second-order valence-corrected chi connectivity index (χ2v) is 10.6. The van der Waals surface area contributed by atoms with Crippen LogP contribution in [0.5, 0.6) is 11.5 Å². The molecular weight excluding hydrogens is 488 g/mol. The largest absolute Gasteiger partial charge is 0.495 e. The lowest BCUT2D eigenvalue weighted by molar-refractivity contribution is -0.120. The molecule has 3 aromatic carbocycles. The standard InChI is InChI=1S/C26H27ClN2O5S/c1-33-25-12-11-23(17-24(25)27)35(31,32)29-15-13-20(14-16-29)26(30)28-21-7-9-22(10-8-21)34-18-19-5-3-2-4-6-19/h2-12,17,20H,13-16,18H2,1H3,(H,28,30). The Balaban J connectivity index is 1.29. The predicted octanol–water partition coefficient (Wildman–Crippen LogP) is 4.97. The van der Waals surface area contributed by atoms with Crippen LogP contribution in [0.25, 0.3) is 0 Å². The van der Waals surface area contributed by atoms with Crippen LogP contribution in [0.2, 0.25) is 5.02 Å². The maximum atomic E-state index is 13.0. The predicted molar refractivity (Wildman–Crippen MR) is 135 cm³/mol. The second-order valence-electron chi connectivity index (χ2n) is 8.26. The Morgan fingerprint density at radius 2 is 1.71 bits per heavy atom. The van der Waals surface area contributed by atoms with Crippen LogP contribution >= 0.6 is 11.6 Å². The number of carbonyl (C=O) groups is 1. The molecule has 1 saturated heterocycles. The van der Waals surface area contributed by atoms with Gasteiger partial charge in [0, 0.05) is 24.7 Å². The first-order valence-corrected chi connectivity index (χ1v) is 13.1. The van der Waals surface area contributed by atoms with Crippen LogP contribution in [-0.2, 0) is 21.4 Å². The molecule has 3 aromatic rings. The molecule has 1 aliphatic rings. The van der Waals surface area contributed by atoms with Gasteiger partial charge in [-0.1, -0.05) is 41.9 Å². The minimum atomic E-state index is -3.70. The van der Waals surface area contributed by atoms with Gasteiger partial charge < -0.3 is 14.8 Å². The molecule has 184 valence electrons. The van der Waals surface area contributed by atoms with Gasteiger partial charge in [0.15, 0.2) is 0 Å². The lowest BCUT2D eigenvalue weighted by atomic mass is 9.97. The highest BCUT2D eigenvalue weighted by atomic mass is 35.5. The molecule has 1 N–H and O–H groups in total. The van der Waals surface area contributed by atoms with E-state index in [1.165, 1.54) is 29.6 Å². The summed E-state index contributed by atoms with van der Waals surface area (Å²) in [6.07, 6.45) is 0.875. The SMILES string of the molecule is COc1ccc(S(=O)(=O)N2CCC(C(=O)Nc3ccc(OCc4ccccc4)cc3)CC2)cc1Cl. The fourth-order valence-corrected chi connectivity index (χ4v) is 5.75. The van der Waals surface area contributed by atoms with Crippen LogP contribution in [0, 0.1) is 5.92 Å². The van der Waals surface area contributed by atoms with E-state index in [2.05, 4.69) is 5.32 Å². The van der Waals surface area contributed by atoms with Gasteiger partial charge in [-0.2, -0.15) is 4.31 Å². The van der Waals surface area contributed by atoms with Crippen molar-refractivity contribution in [3.8, 4) is 11.5 Å². The highest BCUT2D eigenvalue weighted by molar-refractivity contribution is 7.89. The number of benzene rings is 3. The number of piperidine rings is 1. The molecule has 0 atom stereocenters. The van der Waals surface area contributed by atoms with Gasteiger partial charge in [-0.3, -0.25) is 4.79 Å². The number of amides is 1. The maximum Gasteiger partial charge on any atom is 0.243 e. The van der Waals surface area contributed by atoms with Gasteiger partial charge in [0.1, 0.15) is 18.1 Å². The number of methoxy groups -OCH3 is 1. The average Bonchev–Trinajstić information content (AvgIpc) is 2.89. The lowest BCUT2D eigenvalue weighted by Gasteiger charge is -2.30. The minimum Gasteiger partial charge on any atom is -0.495 e. The number of sulfonamides is 1. The Morgan fingerprint density at radius 3 is 2.34 bits per heavy atom. The number of hydrogen-bond acceptors (Lipinski definition) is 5. The zero-order valence-corrected chi connectivity index (χ0v) is 20.9. The van der Waals surface area contributed by atoms with Crippen LogP contribution in [-0.4, -0.2) is 38.8 Å². The second kappa shape index (κ2) is 11.1. The maximum absolute atomic E-state index is 13.0. The molecule has 7 nitrogen and oxygen atoms in total. The fourth-order valence-electron chi connectivity index (χ4n) is 3.93. The van der Waals surface area contributed by atoms with E-state index >= 15 is 0 Å². The van der Waals surface area contributed by atoms with E-state index in [1.807, 2.05) is 42.5 Å². The average molecular weight is 515 g/mol. The third kappa shape index (κ3) is 6.14. The summed E-state index contributed by atoms with van der Waals surface area (Å²) in [7, 11) is -2.23. The highest BCUT2D eigenvalue weighted by Crippen LogP contribution is 2.30. The molecule has 0 unspecified atom stereocenters. The third-order valence-corrected chi connectivity index (χ3v) is 8.15. The third-order valence-electron chi connectivity index (χ3n) is 5.96. The normalized spacial score (nSPS) is 14.9. The molecule has 9 heteroatoms. The quantitative estimate of drug-likeness (QED) is 0.459. The number of nitrogens with zero attached hydrogens (tertiary/aromatic N) is 1. The van der Waals surface area contributed by atoms with Gasteiger partial charge >= 0.3 is 0 Å². The summed E-state index contributed by atoms with van der Waals surface area (Å²) in [6.45, 7) is 0.990. The topological polar surface area (TPSA) is 84.9 Å². The van der Waals surface area contributed by atoms with E-state index in [4.69, 9.17) is 21.1 Å². The summed E-state index contributed by atoms with van der Waals surface area (Å²) in [4.78, 5) is 12.9. The summed E-state index contributed by atoms with van der Waals surface area (Å²) in [5.41, 5.74) is 1.75. The molecule has 1 heterocycles. The van der Waals surface area contributed by atoms with Crippen molar-refractivity contribution in [3.05, 3.63) is 83.4 Å². The molecule has 0 aliphatic carbocycles. The Labute approximate surface area is 210 Å². The Bertz CT molecular complexity index is 1260. The first-order valence-electron chi connectivity index (χ1n) is 11.3. The van der Waals surface area contributed by atoms with Crippen LogP contribution in [0.3, 0.4) is 0 Å². The number of nitrogens with one attached hydrogen (secondary N) is 1. The molecule has 4 rings (SSSR count). The summed E-state index contributed by atoms with van der Waals surface area (Å²) in [6, 6.07) is 21.5. The summed E-state index contributed by atoms with van der Waals surface area (Å²) >= 11 is 6.10. The molecule has 0 saturated carbocycles. The molecular formula is C26H27ClN2O5S. The number of halogens is 1. The molecule has 0 bridgehead atoms. The van der Waals surface area contributed by atoms with E-state index in [0.29, 0.717) is 36.6 Å². The monoisotopic (exact) mass is 514 g/mol. The van der Waals surface area contributed by atoms with Crippen LogP contribution in [0.4, 0.5) is 5.69 Å². The number of carbonyl (C=O) groups excluding carboxylic acids is 1. The van der Waals surface area contributed by atoms with Gasteiger partial charge in [-0.15, -0.1) is 0 Å². The van der Waals surface area contributed by atoms with Gasteiger partial charge in [0.2, 0.25) is 15.9 Å². The van der Waals surface area contributed by atoms with Crippen molar-refractivity contribution in [1.82, 2.24) is 4.31 Å². The van der Waals surface area contributed by atoms with Crippen molar-refractivity contribution in [3.63, 3.8) is 0 Å². The summed E-state index contributed by atoms with van der Waals surface area (Å²) in [5, 5.41) is 3.16. The molecule has 1 fully saturated rings. The molecule has 0 aromatic heterocycles. The van der Waals surface area contributed by atoms with E-state index in [-0.39, 0.29) is 34.8 Å². The van der Waals surface area contributed by atoms with Crippen LogP contribution in [0.1, 0.15) is 18.4 Å². The van der Waals surface area contributed by atoms with E-state index in [9.17, 15) is 13.2 Å². The summed E-state index contributed by atoms with van der Waals surface area (Å²) < 4.78 is 38.3. The zero-order valence-electron chi connectivity index (χ0n) is 19.3. The van der Waals surface area contributed by atoms with Crippen molar-refractivity contribution < 1.29 is 22.7 Å². The van der Waals surface area contributed by atoms with Gasteiger partial charge in [-0.05, 0) is 60.9 Å². The Kier molecular flexibility index (Phi) is 7.95. The highest BCUT2D eigenvalue weighted by Gasteiger charge is 2.32. The van der Waals surface area contributed by atoms with Crippen LogP contribution < -0.4 is 14.8 Å². The van der Waals surface area contributed by atoms with Crippen molar-refractivity contribution in [2.24, 2.45) is 5.92 Å². The van der Waals surface area contributed by atoms with Crippen molar-refractivity contribution in [2.75, 3.05) is 25.5 Å². The van der Waals surface area contributed by atoms with E-state index < -0.39 is 10.0 Å². The lowest BCUT2D eigenvalue weighted by Crippen LogP contribution is -2.41. The molecule has 0 spiro atoms. The van der Waals surface area contributed by atoms with Gasteiger partial charge in [-0.25, -0.2) is 8.42 Å². The van der Waals surface area contributed by atoms with E-state index in [0.717, 1.165) is 5.56 Å². The molecule has 1 aliphatic heterocycles. The molecule has 35 heavy (non-hydrogen) atoms. The van der Waals surface area contributed by atoms with Gasteiger partial charge in [0.05, 0.1) is 17.0 Å². The van der Waals surface area contributed by atoms with E-state index in [1.54, 1.807) is 12.1 Å². The smallest absolute Gasteiger partial charge is 0.243 e. The minimum absolute atomic E-state index is 0.112. The number of anilines is 1. The zero-order chi connectivity index (χ0) is 24.8. The first kappa shape index (κ1) is 25.0. The summed E-state index contributed by atoms with van der Waals surface area (Å²) in [5.74, 6) is 0.739. The fraction of sp³-hybridized carbons (Fsp3) is 0.269. The van der Waals surface area contributed by atoms with Crippen molar-refractivity contribution in [2.45, 2.75) is 24.3 Å².